The molecule has 0 amide bonds. The van der Waals surface area contributed by atoms with Gasteiger partial charge in [-0.15, -0.1) is 21.5 Å². The fourth-order valence-corrected chi connectivity index (χ4v) is 2.38. The lowest BCUT2D eigenvalue weighted by Gasteiger charge is -2.26. The Balaban J connectivity index is 2.45. The average molecular weight is 255 g/mol. The van der Waals surface area contributed by atoms with Crippen molar-refractivity contribution in [1.82, 2.24) is 15.5 Å². The Morgan fingerprint density at radius 1 is 1.24 bits per heavy atom. The van der Waals surface area contributed by atoms with Crippen molar-refractivity contribution in [1.29, 1.82) is 0 Å². The molecule has 0 fully saturated rings. The number of likely N-dealkylation sites (N-methyl/N-ethyl adjacent to an activating group) is 1. The summed E-state index contributed by atoms with van der Waals surface area (Å²) in [6, 6.07) is 0. The fraction of sp³-hybridized carbons (Fsp3) is 0.846. The van der Waals surface area contributed by atoms with Gasteiger partial charge in [-0.05, 0) is 17.9 Å². The molecule has 3 nitrogen and oxygen atoms in total. The number of aromatic nitrogens is 2. The van der Waals surface area contributed by atoms with E-state index in [0.29, 0.717) is 11.3 Å². The molecule has 0 aliphatic heterocycles. The Morgan fingerprint density at radius 2 is 1.88 bits per heavy atom. The van der Waals surface area contributed by atoms with Crippen LogP contribution in [0.4, 0.5) is 0 Å². The zero-order chi connectivity index (χ0) is 12.9. The van der Waals surface area contributed by atoms with Crippen molar-refractivity contribution in [3.05, 3.63) is 10.0 Å². The van der Waals surface area contributed by atoms with Crippen LogP contribution in [0, 0.1) is 11.3 Å². The van der Waals surface area contributed by atoms with Gasteiger partial charge in [0.25, 0.3) is 0 Å². The van der Waals surface area contributed by atoms with E-state index in [-0.39, 0.29) is 0 Å². The number of hydrogen-bond donors (Lipinski definition) is 1. The van der Waals surface area contributed by atoms with Gasteiger partial charge >= 0.3 is 0 Å². The highest BCUT2D eigenvalue weighted by Crippen LogP contribution is 2.29. The van der Waals surface area contributed by atoms with E-state index in [9.17, 15) is 0 Å². The molecule has 98 valence electrons. The van der Waals surface area contributed by atoms with Crippen molar-refractivity contribution in [2.24, 2.45) is 11.3 Å². The van der Waals surface area contributed by atoms with Crippen molar-refractivity contribution in [2.45, 2.75) is 47.5 Å². The zero-order valence-electron chi connectivity index (χ0n) is 11.7. The predicted molar refractivity (Wildman–Crippen MR) is 74.5 cm³/mol. The summed E-state index contributed by atoms with van der Waals surface area (Å²) in [4.78, 5) is 0. The summed E-state index contributed by atoms with van der Waals surface area (Å²) in [6.07, 6.45) is 2.04. The minimum Gasteiger partial charge on any atom is -0.317 e. The van der Waals surface area contributed by atoms with Crippen LogP contribution in [0.5, 0.6) is 0 Å². The molecule has 4 heteroatoms. The third kappa shape index (κ3) is 5.13. The summed E-state index contributed by atoms with van der Waals surface area (Å²) in [5, 5.41) is 14.2. The molecular weight excluding hydrogens is 230 g/mol. The normalized spacial score (nSPS) is 13.9. The maximum Gasteiger partial charge on any atom is 0.118 e. The molecule has 1 N–H and O–H groups in total. The van der Waals surface area contributed by atoms with Crippen LogP contribution in [-0.2, 0) is 12.8 Å². The molecule has 1 unspecified atom stereocenters. The molecule has 1 heterocycles. The standard InChI is InChI=1S/C13H25N3S/c1-6-14-8-7-11-15-16-12(17-11)9-10(2)13(3,4)5/h10,14H,6-9H2,1-5H3. The first kappa shape index (κ1) is 14.6. The monoisotopic (exact) mass is 255 g/mol. The van der Waals surface area contributed by atoms with Crippen LogP contribution >= 0.6 is 11.3 Å². The summed E-state index contributed by atoms with van der Waals surface area (Å²) in [5.74, 6) is 0.636. The Kier molecular flexibility index (Phi) is 5.53. The Labute approximate surface area is 109 Å². The lowest BCUT2D eigenvalue weighted by molar-refractivity contribution is 0.259. The van der Waals surface area contributed by atoms with E-state index in [1.54, 1.807) is 11.3 Å². The van der Waals surface area contributed by atoms with Gasteiger partial charge in [-0.25, -0.2) is 0 Å². The number of rotatable bonds is 6. The summed E-state index contributed by atoms with van der Waals surface area (Å²) in [5.41, 5.74) is 0.343. The molecule has 0 aromatic carbocycles. The van der Waals surface area contributed by atoms with Gasteiger partial charge in [0.2, 0.25) is 0 Å². The SMILES string of the molecule is CCNCCc1nnc(CC(C)C(C)(C)C)s1. The molecule has 1 rings (SSSR count). The van der Waals surface area contributed by atoms with E-state index < -0.39 is 0 Å². The average Bonchev–Trinajstić information content (AvgIpc) is 2.65. The first-order valence-electron chi connectivity index (χ1n) is 6.45. The maximum atomic E-state index is 4.29. The van der Waals surface area contributed by atoms with E-state index >= 15 is 0 Å². The van der Waals surface area contributed by atoms with Crippen LogP contribution < -0.4 is 5.32 Å². The third-order valence-electron chi connectivity index (χ3n) is 3.23. The van der Waals surface area contributed by atoms with Crippen LogP contribution in [0.1, 0.15) is 44.6 Å². The predicted octanol–water partition coefficient (Wildman–Crippen LogP) is 2.91. The second-order valence-electron chi connectivity index (χ2n) is 5.66. The van der Waals surface area contributed by atoms with Crippen molar-refractivity contribution < 1.29 is 0 Å². The van der Waals surface area contributed by atoms with Crippen LogP contribution in [0.15, 0.2) is 0 Å². The van der Waals surface area contributed by atoms with Gasteiger partial charge in [0.05, 0.1) is 0 Å². The molecular formula is C13H25N3S. The topological polar surface area (TPSA) is 37.8 Å². The van der Waals surface area contributed by atoms with Crippen molar-refractivity contribution in [3.8, 4) is 0 Å². The Hall–Kier alpha value is -0.480. The molecule has 1 atom stereocenters. The highest BCUT2D eigenvalue weighted by molar-refractivity contribution is 7.11. The molecule has 0 radical (unpaired) electrons. The second kappa shape index (κ2) is 6.45. The highest BCUT2D eigenvalue weighted by Gasteiger charge is 2.21. The molecule has 0 saturated carbocycles. The number of hydrogen-bond acceptors (Lipinski definition) is 4. The van der Waals surface area contributed by atoms with Gasteiger partial charge in [-0.1, -0.05) is 34.6 Å². The van der Waals surface area contributed by atoms with Gasteiger partial charge in [-0.3, -0.25) is 0 Å². The number of nitrogens with zero attached hydrogens (tertiary/aromatic N) is 2. The van der Waals surface area contributed by atoms with Crippen molar-refractivity contribution in [2.75, 3.05) is 13.1 Å². The third-order valence-corrected chi connectivity index (χ3v) is 4.24. The minimum atomic E-state index is 0.343. The van der Waals surface area contributed by atoms with Crippen LogP contribution in [0.25, 0.3) is 0 Å². The molecule has 0 spiro atoms. The summed E-state index contributed by atoms with van der Waals surface area (Å²) < 4.78 is 0. The van der Waals surface area contributed by atoms with Gasteiger partial charge in [0.1, 0.15) is 10.0 Å². The lowest BCUT2D eigenvalue weighted by atomic mass is 9.80. The van der Waals surface area contributed by atoms with Crippen molar-refractivity contribution >= 4 is 11.3 Å². The van der Waals surface area contributed by atoms with Crippen LogP contribution in [0.2, 0.25) is 0 Å². The van der Waals surface area contributed by atoms with E-state index in [1.165, 1.54) is 5.01 Å². The van der Waals surface area contributed by atoms with E-state index in [2.05, 4.69) is 50.1 Å². The maximum absolute atomic E-state index is 4.29. The smallest absolute Gasteiger partial charge is 0.118 e. The number of nitrogens with one attached hydrogen (secondary N) is 1. The van der Waals surface area contributed by atoms with Crippen LogP contribution in [0.3, 0.4) is 0 Å². The Morgan fingerprint density at radius 3 is 2.47 bits per heavy atom. The van der Waals surface area contributed by atoms with Gasteiger partial charge in [0.15, 0.2) is 0 Å². The molecule has 0 saturated heterocycles. The molecule has 0 aliphatic rings. The van der Waals surface area contributed by atoms with E-state index in [0.717, 1.165) is 30.9 Å². The van der Waals surface area contributed by atoms with E-state index in [1.807, 2.05) is 0 Å². The van der Waals surface area contributed by atoms with Gasteiger partial charge < -0.3 is 5.32 Å². The largest absolute Gasteiger partial charge is 0.317 e. The molecule has 0 bridgehead atoms. The lowest BCUT2D eigenvalue weighted by Crippen LogP contribution is -2.19. The summed E-state index contributed by atoms with van der Waals surface area (Å²) >= 11 is 1.77. The molecule has 1 aromatic heterocycles. The highest BCUT2D eigenvalue weighted by atomic mass is 32.1. The van der Waals surface area contributed by atoms with E-state index in [4.69, 9.17) is 0 Å². The van der Waals surface area contributed by atoms with Crippen LogP contribution in [-0.4, -0.2) is 23.3 Å². The summed E-state index contributed by atoms with van der Waals surface area (Å²) in [7, 11) is 0. The van der Waals surface area contributed by atoms with Gasteiger partial charge in [0, 0.05) is 19.4 Å². The second-order valence-corrected chi connectivity index (χ2v) is 6.81. The molecule has 0 aliphatic carbocycles. The fourth-order valence-electron chi connectivity index (χ4n) is 1.41. The van der Waals surface area contributed by atoms with Gasteiger partial charge in [-0.2, -0.15) is 0 Å². The Bertz CT molecular complexity index is 328. The quantitative estimate of drug-likeness (QED) is 0.794. The van der Waals surface area contributed by atoms with Crippen molar-refractivity contribution in [3.63, 3.8) is 0 Å². The molecule has 17 heavy (non-hydrogen) atoms. The minimum absolute atomic E-state index is 0.343. The first-order chi connectivity index (χ1) is 7.93. The summed E-state index contributed by atoms with van der Waals surface area (Å²) in [6.45, 7) is 13.3. The molecule has 1 aromatic rings. The zero-order valence-corrected chi connectivity index (χ0v) is 12.5. The first-order valence-corrected chi connectivity index (χ1v) is 7.27.